The lowest BCUT2D eigenvalue weighted by atomic mass is 10.3. The Morgan fingerprint density at radius 1 is 1.42 bits per heavy atom. The van der Waals surface area contributed by atoms with Gasteiger partial charge >= 0.3 is 5.00 Å². The molecule has 5 nitrogen and oxygen atoms in total. The van der Waals surface area contributed by atoms with Crippen LogP contribution in [0, 0.1) is 10.1 Å². The van der Waals surface area contributed by atoms with Crippen LogP contribution in [-0.4, -0.2) is 12.0 Å². The summed E-state index contributed by atoms with van der Waals surface area (Å²) in [6.45, 7) is 0.532. The Hall–Kier alpha value is -1.60. The van der Waals surface area contributed by atoms with Crippen molar-refractivity contribution in [3.8, 4) is 5.75 Å². The zero-order valence-corrected chi connectivity index (χ0v) is 12.5. The molecule has 0 aliphatic heterocycles. The van der Waals surface area contributed by atoms with E-state index >= 15 is 0 Å². The number of nitrogens with one attached hydrogen (secondary N) is 1. The van der Waals surface area contributed by atoms with E-state index in [9.17, 15) is 10.1 Å². The first-order valence-electron chi connectivity index (χ1n) is 5.40. The Labute approximate surface area is 122 Å². The number of hydrogen-bond acceptors (Lipinski definition) is 5. The molecular weight excluding hydrogens is 332 g/mol. The van der Waals surface area contributed by atoms with Crippen LogP contribution in [0.15, 0.2) is 34.8 Å². The molecule has 1 N–H and O–H groups in total. The lowest BCUT2D eigenvalue weighted by Gasteiger charge is -2.09. The number of nitrogens with zero attached hydrogens (tertiary/aromatic N) is 1. The van der Waals surface area contributed by atoms with Gasteiger partial charge in [0, 0.05) is 28.0 Å². The van der Waals surface area contributed by atoms with Gasteiger partial charge in [0.15, 0.2) is 0 Å². The highest BCUT2D eigenvalue weighted by molar-refractivity contribution is 9.10. The fourth-order valence-electron chi connectivity index (χ4n) is 1.51. The van der Waals surface area contributed by atoms with Gasteiger partial charge in [-0.2, -0.15) is 0 Å². The minimum atomic E-state index is -0.379. The van der Waals surface area contributed by atoms with Crippen molar-refractivity contribution in [3.63, 3.8) is 0 Å². The summed E-state index contributed by atoms with van der Waals surface area (Å²) < 4.78 is 6.07. The van der Waals surface area contributed by atoms with Crippen LogP contribution in [0.5, 0.6) is 5.75 Å². The molecule has 0 aliphatic carbocycles. The van der Waals surface area contributed by atoms with E-state index in [0.717, 1.165) is 20.8 Å². The van der Waals surface area contributed by atoms with Gasteiger partial charge < -0.3 is 10.1 Å². The fourth-order valence-corrected chi connectivity index (χ4v) is 2.66. The van der Waals surface area contributed by atoms with E-state index < -0.39 is 0 Å². The van der Waals surface area contributed by atoms with Crippen molar-refractivity contribution in [3.05, 3.63) is 49.8 Å². The van der Waals surface area contributed by atoms with Crippen LogP contribution in [0.4, 0.5) is 10.7 Å². The molecule has 100 valence electrons. The monoisotopic (exact) mass is 342 g/mol. The number of anilines is 1. The second kappa shape index (κ2) is 6.03. The Balaban J connectivity index is 2.07. The number of ether oxygens (including phenoxy) is 1. The van der Waals surface area contributed by atoms with Gasteiger partial charge in [-0.05, 0) is 34.1 Å². The Morgan fingerprint density at radius 3 is 2.84 bits per heavy atom. The van der Waals surface area contributed by atoms with Crippen molar-refractivity contribution < 1.29 is 9.66 Å². The molecule has 1 aromatic carbocycles. The molecule has 19 heavy (non-hydrogen) atoms. The molecule has 0 spiro atoms. The molecule has 1 aromatic heterocycles. The molecule has 0 bridgehead atoms. The molecule has 7 heteroatoms. The zero-order chi connectivity index (χ0) is 13.8. The third-order valence-corrected chi connectivity index (χ3v) is 4.18. The number of halogens is 1. The van der Waals surface area contributed by atoms with Gasteiger partial charge in [0.05, 0.1) is 17.7 Å². The number of methoxy groups -OCH3 is 1. The number of thiophene rings is 1. The Kier molecular flexibility index (Phi) is 4.39. The summed E-state index contributed by atoms with van der Waals surface area (Å²) in [6.07, 6.45) is 0. The van der Waals surface area contributed by atoms with Gasteiger partial charge in [-0.25, -0.2) is 0 Å². The first-order valence-corrected chi connectivity index (χ1v) is 7.01. The van der Waals surface area contributed by atoms with E-state index in [1.807, 2.05) is 18.2 Å². The van der Waals surface area contributed by atoms with Crippen molar-refractivity contribution in [2.45, 2.75) is 6.54 Å². The normalized spacial score (nSPS) is 10.2. The van der Waals surface area contributed by atoms with E-state index in [0.29, 0.717) is 6.54 Å². The fraction of sp³-hybridized carbons (Fsp3) is 0.167. The average Bonchev–Trinajstić information content (AvgIpc) is 2.87. The lowest BCUT2D eigenvalue weighted by molar-refractivity contribution is -0.380. The molecule has 2 rings (SSSR count). The van der Waals surface area contributed by atoms with Gasteiger partial charge in [-0.3, -0.25) is 10.1 Å². The van der Waals surface area contributed by atoms with Gasteiger partial charge in [0.1, 0.15) is 5.75 Å². The van der Waals surface area contributed by atoms with Gasteiger partial charge in [0.25, 0.3) is 0 Å². The number of benzene rings is 1. The van der Waals surface area contributed by atoms with E-state index in [1.54, 1.807) is 13.2 Å². The maximum Gasteiger partial charge on any atom is 0.324 e. The summed E-state index contributed by atoms with van der Waals surface area (Å²) >= 11 is 4.61. The molecule has 0 saturated carbocycles. The molecule has 2 aromatic rings. The summed E-state index contributed by atoms with van der Waals surface area (Å²) in [5.74, 6) is 0.753. The van der Waals surface area contributed by atoms with Crippen molar-refractivity contribution in [2.24, 2.45) is 0 Å². The minimum Gasteiger partial charge on any atom is -0.497 e. The number of nitro groups is 1. The summed E-state index contributed by atoms with van der Waals surface area (Å²) in [5.41, 5.74) is 0.885. The molecule has 0 amide bonds. The first kappa shape index (κ1) is 13.8. The largest absolute Gasteiger partial charge is 0.497 e. The molecule has 0 aliphatic rings. The van der Waals surface area contributed by atoms with E-state index in [1.165, 1.54) is 17.4 Å². The van der Waals surface area contributed by atoms with Crippen molar-refractivity contribution in [2.75, 3.05) is 12.4 Å². The van der Waals surface area contributed by atoms with Gasteiger partial charge in [0.2, 0.25) is 0 Å². The quantitative estimate of drug-likeness (QED) is 0.657. The number of hydrogen-bond donors (Lipinski definition) is 1. The average molecular weight is 343 g/mol. The maximum atomic E-state index is 10.6. The molecule has 0 saturated heterocycles. The van der Waals surface area contributed by atoms with Crippen molar-refractivity contribution >= 4 is 38.0 Å². The summed E-state index contributed by atoms with van der Waals surface area (Å²) in [6, 6.07) is 8.88. The van der Waals surface area contributed by atoms with E-state index in [2.05, 4.69) is 21.2 Å². The molecule has 1 heterocycles. The molecule has 0 fully saturated rings. The van der Waals surface area contributed by atoms with E-state index in [4.69, 9.17) is 4.74 Å². The molecular formula is C12H11BrN2O3S. The van der Waals surface area contributed by atoms with Gasteiger partial charge in [-0.15, -0.1) is 0 Å². The Bertz CT molecular complexity index is 600. The minimum absolute atomic E-state index is 0.154. The summed E-state index contributed by atoms with van der Waals surface area (Å²) in [5, 5.41) is 14.0. The predicted molar refractivity (Wildman–Crippen MR) is 79.0 cm³/mol. The highest BCUT2D eigenvalue weighted by Crippen LogP contribution is 2.29. The van der Waals surface area contributed by atoms with Gasteiger partial charge in [-0.1, -0.05) is 11.3 Å². The smallest absolute Gasteiger partial charge is 0.324 e. The third kappa shape index (κ3) is 3.45. The lowest BCUT2D eigenvalue weighted by Crippen LogP contribution is -1.98. The molecule has 0 atom stereocenters. The summed E-state index contributed by atoms with van der Waals surface area (Å²) in [4.78, 5) is 11.1. The first-order chi connectivity index (χ1) is 9.10. The standard InChI is InChI=1S/C12H11BrN2O3S/c1-18-8-2-4-10(13)11(6-8)14-7-9-3-5-12(19-9)15(16)17/h2-6,14H,7H2,1H3. The zero-order valence-electron chi connectivity index (χ0n) is 10.1. The van der Waals surface area contributed by atoms with Crippen molar-refractivity contribution in [1.82, 2.24) is 0 Å². The van der Waals surface area contributed by atoms with Crippen LogP contribution in [-0.2, 0) is 6.54 Å². The van der Waals surface area contributed by atoms with Crippen LogP contribution in [0.25, 0.3) is 0 Å². The van der Waals surface area contributed by atoms with Crippen LogP contribution >= 0.6 is 27.3 Å². The highest BCUT2D eigenvalue weighted by Gasteiger charge is 2.10. The van der Waals surface area contributed by atoms with Crippen molar-refractivity contribution in [1.29, 1.82) is 0 Å². The molecule has 0 unspecified atom stereocenters. The maximum absolute atomic E-state index is 10.6. The molecule has 0 radical (unpaired) electrons. The second-order valence-electron chi connectivity index (χ2n) is 3.70. The highest BCUT2D eigenvalue weighted by atomic mass is 79.9. The topological polar surface area (TPSA) is 64.4 Å². The SMILES string of the molecule is COc1ccc(Br)c(NCc2ccc([N+](=O)[O-])s2)c1. The van der Waals surface area contributed by atoms with Crippen LogP contribution in [0.1, 0.15) is 4.88 Å². The van der Waals surface area contributed by atoms with Crippen LogP contribution in [0.3, 0.4) is 0 Å². The summed E-state index contributed by atoms with van der Waals surface area (Å²) in [7, 11) is 1.61. The Morgan fingerprint density at radius 2 is 2.21 bits per heavy atom. The third-order valence-electron chi connectivity index (χ3n) is 2.45. The van der Waals surface area contributed by atoms with E-state index in [-0.39, 0.29) is 9.92 Å². The second-order valence-corrected chi connectivity index (χ2v) is 5.70. The number of rotatable bonds is 5. The van der Waals surface area contributed by atoms with Crippen LogP contribution in [0.2, 0.25) is 0 Å². The van der Waals surface area contributed by atoms with Crippen LogP contribution < -0.4 is 10.1 Å². The predicted octanol–water partition coefficient (Wildman–Crippen LogP) is 4.04.